The molecule has 0 radical (unpaired) electrons. The minimum absolute atomic E-state index is 0.111. The van der Waals surface area contributed by atoms with Crippen molar-refractivity contribution in [2.75, 3.05) is 43.4 Å². The number of aromatic nitrogens is 4. The molecule has 8 nitrogen and oxygen atoms in total. The van der Waals surface area contributed by atoms with Crippen molar-refractivity contribution in [3.05, 3.63) is 47.8 Å². The number of benzene rings is 1. The molecule has 1 amide bonds. The molecule has 4 rings (SSSR count). The molecule has 1 aliphatic heterocycles. The number of fused-ring (bicyclic) bond motifs is 1. The molecule has 1 N–H and O–H groups in total. The van der Waals surface area contributed by atoms with Crippen molar-refractivity contribution < 1.29 is 13.6 Å². The van der Waals surface area contributed by atoms with Gasteiger partial charge < -0.3 is 15.1 Å². The lowest BCUT2D eigenvalue weighted by Gasteiger charge is -2.33. The van der Waals surface area contributed by atoms with E-state index in [9.17, 15) is 13.6 Å². The van der Waals surface area contributed by atoms with Crippen LogP contribution in [0.25, 0.3) is 5.65 Å². The van der Waals surface area contributed by atoms with Crippen LogP contribution in [0.15, 0.2) is 30.3 Å². The van der Waals surface area contributed by atoms with E-state index in [-0.39, 0.29) is 18.0 Å². The summed E-state index contributed by atoms with van der Waals surface area (Å²) in [5, 5.41) is 15.4. The van der Waals surface area contributed by atoms with Crippen molar-refractivity contribution in [2.24, 2.45) is 0 Å². The van der Waals surface area contributed by atoms with E-state index in [4.69, 9.17) is 0 Å². The first-order valence-electron chi connectivity index (χ1n) is 9.39. The van der Waals surface area contributed by atoms with Gasteiger partial charge in [-0.15, -0.1) is 15.3 Å². The maximum absolute atomic E-state index is 13.3. The van der Waals surface area contributed by atoms with Crippen molar-refractivity contribution in [3.8, 4) is 0 Å². The van der Waals surface area contributed by atoms with E-state index in [0.29, 0.717) is 17.9 Å². The fraction of sp³-hybridized carbons (Fsp3) is 0.368. The van der Waals surface area contributed by atoms with Crippen LogP contribution >= 0.6 is 0 Å². The van der Waals surface area contributed by atoms with Gasteiger partial charge in [0.25, 0.3) is 0 Å². The zero-order chi connectivity index (χ0) is 20.4. The third-order valence-corrected chi connectivity index (χ3v) is 4.92. The van der Waals surface area contributed by atoms with Gasteiger partial charge >= 0.3 is 0 Å². The number of likely N-dealkylation sites (N-methyl/N-ethyl adjacent to an activating group) is 1. The highest BCUT2D eigenvalue weighted by molar-refractivity contribution is 5.90. The Morgan fingerprint density at radius 2 is 1.86 bits per heavy atom. The summed E-state index contributed by atoms with van der Waals surface area (Å²) in [5.74, 6) is -0.885. The van der Waals surface area contributed by atoms with Crippen LogP contribution in [0, 0.1) is 11.6 Å². The number of carbonyl (C=O) groups excluding carboxylic acids is 1. The van der Waals surface area contributed by atoms with Gasteiger partial charge in [0.05, 0.1) is 0 Å². The number of nitrogens with one attached hydrogen (secondary N) is 1. The van der Waals surface area contributed by atoms with Crippen LogP contribution in [0.5, 0.6) is 0 Å². The molecule has 1 aliphatic rings. The minimum atomic E-state index is -1.01. The van der Waals surface area contributed by atoms with Crippen LogP contribution in [0.4, 0.5) is 20.3 Å². The molecular weight excluding hydrogens is 380 g/mol. The Morgan fingerprint density at radius 3 is 2.62 bits per heavy atom. The lowest BCUT2D eigenvalue weighted by Crippen LogP contribution is -2.45. The Bertz CT molecular complexity index is 1030. The van der Waals surface area contributed by atoms with Crippen molar-refractivity contribution in [2.45, 2.75) is 12.8 Å². The van der Waals surface area contributed by atoms with E-state index in [0.717, 1.165) is 44.1 Å². The highest BCUT2D eigenvalue weighted by Gasteiger charge is 2.17. The predicted molar refractivity (Wildman–Crippen MR) is 104 cm³/mol. The monoisotopic (exact) mass is 401 g/mol. The van der Waals surface area contributed by atoms with Gasteiger partial charge in [-0.3, -0.25) is 4.79 Å². The van der Waals surface area contributed by atoms with E-state index in [1.54, 1.807) is 4.52 Å². The highest BCUT2D eigenvalue weighted by atomic mass is 19.2. The summed E-state index contributed by atoms with van der Waals surface area (Å²) in [6.07, 6.45) is 0.427. The molecule has 1 aromatic carbocycles. The number of hydrogen-bond acceptors (Lipinski definition) is 6. The molecule has 0 atom stereocenters. The number of nitrogens with zero attached hydrogens (tertiary/aromatic N) is 6. The van der Waals surface area contributed by atoms with Crippen molar-refractivity contribution in [1.82, 2.24) is 24.7 Å². The fourth-order valence-corrected chi connectivity index (χ4v) is 3.21. The quantitative estimate of drug-likeness (QED) is 0.702. The minimum Gasteiger partial charge on any atom is -0.353 e. The number of hydrogen-bond donors (Lipinski definition) is 1. The van der Waals surface area contributed by atoms with Crippen molar-refractivity contribution in [3.63, 3.8) is 0 Å². The van der Waals surface area contributed by atoms with Crippen LogP contribution < -0.4 is 10.2 Å². The number of piperazine rings is 1. The number of anilines is 2. The van der Waals surface area contributed by atoms with Gasteiger partial charge in [0.15, 0.2) is 23.1 Å². The van der Waals surface area contributed by atoms with Gasteiger partial charge in [0, 0.05) is 50.8 Å². The molecule has 1 fully saturated rings. The molecule has 0 spiro atoms. The highest BCUT2D eigenvalue weighted by Crippen LogP contribution is 2.16. The molecular formula is C19H21F2N7O. The second-order valence-corrected chi connectivity index (χ2v) is 7.05. The zero-order valence-corrected chi connectivity index (χ0v) is 16.0. The topological polar surface area (TPSA) is 78.7 Å². The van der Waals surface area contributed by atoms with Gasteiger partial charge in [-0.25, -0.2) is 8.78 Å². The molecule has 152 valence electrons. The first-order valence-corrected chi connectivity index (χ1v) is 9.39. The van der Waals surface area contributed by atoms with Crippen LogP contribution in [0.1, 0.15) is 12.2 Å². The second-order valence-electron chi connectivity index (χ2n) is 7.05. The molecule has 29 heavy (non-hydrogen) atoms. The van der Waals surface area contributed by atoms with E-state index in [2.05, 4.69) is 37.5 Å². The largest absolute Gasteiger partial charge is 0.353 e. The van der Waals surface area contributed by atoms with Crippen molar-refractivity contribution >= 4 is 23.1 Å². The SMILES string of the molecule is CN1CCN(c2ccc3nnc(CCC(=O)Nc4ccc(F)c(F)c4)n3n2)CC1. The van der Waals surface area contributed by atoms with Gasteiger partial charge in [0.2, 0.25) is 5.91 Å². The van der Waals surface area contributed by atoms with Crippen molar-refractivity contribution in [1.29, 1.82) is 0 Å². The Kier molecular flexibility index (Phi) is 5.34. The van der Waals surface area contributed by atoms with E-state index < -0.39 is 11.6 Å². The number of carbonyl (C=O) groups is 1. The first-order chi connectivity index (χ1) is 14.0. The van der Waals surface area contributed by atoms with Gasteiger partial charge in [-0.2, -0.15) is 4.52 Å². The third-order valence-electron chi connectivity index (χ3n) is 4.92. The Morgan fingerprint density at radius 1 is 1.07 bits per heavy atom. The average Bonchev–Trinajstić information content (AvgIpc) is 3.12. The van der Waals surface area contributed by atoms with Crippen LogP contribution in [0.2, 0.25) is 0 Å². The average molecular weight is 401 g/mol. The molecule has 2 aromatic heterocycles. The van der Waals surface area contributed by atoms with Crippen LogP contribution in [0.3, 0.4) is 0 Å². The smallest absolute Gasteiger partial charge is 0.224 e. The molecule has 0 unspecified atom stereocenters. The molecule has 10 heteroatoms. The lowest BCUT2D eigenvalue weighted by molar-refractivity contribution is -0.116. The summed E-state index contributed by atoms with van der Waals surface area (Å²) in [4.78, 5) is 16.6. The predicted octanol–water partition coefficient (Wildman–Crippen LogP) is 1.73. The van der Waals surface area contributed by atoms with E-state index >= 15 is 0 Å². The molecule has 1 saturated heterocycles. The molecule has 3 heterocycles. The zero-order valence-electron chi connectivity index (χ0n) is 16.0. The number of amides is 1. The summed E-state index contributed by atoms with van der Waals surface area (Å²) < 4.78 is 27.9. The normalized spacial score (nSPS) is 15.1. The van der Waals surface area contributed by atoms with Crippen LogP contribution in [-0.4, -0.2) is 63.8 Å². The molecule has 0 aliphatic carbocycles. The molecule has 0 bridgehead atoms. The summed E-state index contributed by atoms with van der Waals surface area (Å²) >= 11 is 0. The second kappa shape index (κ2) is 8.08. The van der Waals surface area contributed by atoms with Gasteiger partial charge in [-0.05, 0) is 31.3 Å². The summed E-state index contributed by atoms with van der Waals surface area (Å²) in [5.41, 5.74) is 0.814. The van der Waals surface area contributed by atoms with E-state index in [1.165, 1.54) is 6.07 Å². The summed E-state index contributed by atoms with van der Waals surface area (Å²) in [7, 11) is 2.09. The first kappa shape index (κ1) is 19.2. The van der Waals surface area contributed by atoms with Gasteiger partial charge in [0.1, 0.15) is 5.82 Å². The maximum atomic E-state index is 13.3. The fourth-order valence-electron chi connectivity index (χ4n) is 3.21. The Labute approximate surface area is 166 Å². The van der Waals surface area contributed by atoms with Crippen LogP contribution in [-0.2, 0) is 11.2 Å². The third kappa shape index (κ3) is 4.32. The molecule has 0 saturated carbocycles. The number of aryl methyl sites for hydroxylation is 1. The van der Waals surface area contributed by atoms with Gasteiger partial charge in [-0.1, -0.05) is 0 Å². The number of halogens is 2. The number of rotatable bonds is 5. The standard InChI is InChI=1S/C19H21F2N7O/c1-26-8-10-27(11-9-26)18-5-4-16-23-24-17(28(16)25-18)6-7-19(29)22-13-2-3-14(20)15(21)12-13/h2-5,12H,6-11H2,1H3,(H,22,29). The maximum Gasteiger partial charge on any atom is 0.224 e. The Hall–Kier alpha value is -3.14. The lowest BCUT2D eigenvalue weighted by atomic mass is 10.2. The van der Waals surface area contributed by atoms with E-state index in [1.807, 2.05) is 12.1 Å². The summed E-state index contributed by atoms with van der Waals surface area (Å²) in [6.45, 7) is 3.73. The Balaban J connectivity index is 1.43. The molecule has 3 aromatic rings. The summed E-state index contributed by atoms with van der Waals surface area (Å²) in [6, 6.07) is 7.02.